The van der Waals surface area contributed by atoms with Gasteiger partial charge in [0.25, 0.3) is 0 Å². The highest BCUT2D eigenvalue weighted by Crippen LogP contribution is 2.26. The molecule has 0 bridgehead atoms. The van der Waals surface area contributed by atoms with Gasteiger partial charge < -0.3 is 5.73 Å². The van der Waals surface area contributed by atoms with Crippen LogP contribution in [0.3, 0.4) is 0 Å². The molecule has 0 aromatic carbocycles. The van der Waals surface area contributed by atoms with Crippen molar-refractivity contribution in [3.8, 4) is 0 Å². The van der Waals surface area contributed by atoms with Crippen LogP contribution in [0.25, 0.3) is 0 Å². The highest BCUT2D eigenvalue weighted by Gasteiger charge is 2.18. The lowest BCUT2D eigenvalue weighted by atomic mass is 10.0. The highest BCUT2D eigenvalue weighted by atomic mass is 79.9. The van der Waals surface area contributed by atoms with Crippen molar-refractivity contribution >= 4 is 15.9 Å². The summed E-state index contributed by atoms with van der Waals surface area (Å²) in [5.41, 5.74) is 11.8. The molecule has 114 valence electrons. The number of rotatable bonds is 5. The molecule has 2 aromatic rings. The number of aromatic nitrogens is 3. The van der Waals surface area contributed by atoms with Crippen LogP contribution in [0.5, 0.6) is 0 Å². The summed E-state index contributed by atoms with van der Waals surface area (Å²) in [5, 5.41) is 4.63. The molecule has 0 saturated carbocycles. The van der Waals surface area contributed by atoms with E-state index < -0.39 is 0 Å². The molecule has 1 atom stereocenters. The zero-order valence-electron chi connectivity index (χ0n) is 13.2. The number of pyridine rings is 1. The van der Waals surface area contributed by atoms with Crippen LogP contribution >= 0.6 is 15.9 Å². The maximum atomic E-state index is 6.42. The Morgan fingerprint density at radius 2 is 1.86 bits per heavy atom. The highest BCUT2D eigenvalue weighted by molar-refractivity contribution is 9.10. The Morgan fingerprint density at radius 1 is 1.24 bits per heavy atom. The maximum absolute atomic E-state index is 6.42. The standard InChI is InChI=1S/C16H23BrN4/c1-5-14-16(17)15(21(6-2)20-14)9-13(18)12-7-10(3)19-11(4)8-12/h7-8,13H,5-6,9,18H2,1-4H3. The lowest BCUT2D eigenvalue weighted by Gasteiger charge is -2.15. The molecule has 4 nitrogen and oxygen atoms in total. The minimum atomic E-state index is -0.0478. The van der Waals surface area contributed by atoms with E-state index in [2.05, 4.69) is 52.0 Å². The van der Waals surface area contributed by atoms with Crippen molar-refractivity contribution in [3.63, 3.8) is 0 Å². The Balaban J connectivity index is 2.30. The summed E-state index contributed by atoms with van der Waals surface area (Å²) in [6.45, 7) is 9.09. The van der Waals surface area contributed by atoms with Crippen molar-refractivity contribution in [2.24, 2.45) is 5.73 Å². The van der Waals surface area contributed by atoms with Gasteiger partial charge in [-0.3, -0.25) is 9.67 Å². The second kappa shape index (κ2) is 6.71. The molecule has 5 heteroatoms. The molecule has 0 aliphatic carbocycles. The Kier molecular flexibility index (Phi) is 5.17. The normalized spacial score (nSPS) is 12.7. The first-order valence-electron chi connectivity index (χ1n) is 7.41. The quantitative estimate of drug-likeness (QED) is 0.897. The first kappa shape index (κ1) is 16.2. The summed E-state index contributed by atoms with van der Waals surface area (Å²) in [6, 6.07) is 4.09. The molecular formula is C16H23BrN4. The number of hydrogen-bond donors (Lipinski definition) is 1. The third-order valence-corrected chi connectivity index (χ3v) is 4.55. The smallest absolute Gasteiger partial charge is 0.0766 e. The summed E-state index contributed by atoms with van der Waals surface area (Å²) in [6.07, 6.45) is 1.69. The predicted octanol–water partition coefficient (Wildman–Crippen LogP) is 3.48. The van der Waals surface area contributed by atoms with Gasteiger partial charge in [-0.25, -0.2) is 0 Å². The van der Waals surface area contributed by atoms with Gasteiger partial charge in [-0.05, 0) is 60.8 Å². The molecular weight excluding hydrogens is 328 g/mol. The van der Waals surface area contributed by atoms with Gasteiger partial charge in [0.2, 0.25) is 0 Å². The molecule has 0 amide bonds. The average molecular weight is 351 g/mol. The molecule has 0 fully saturated rings. The fourth-order valence-electron chi connectivity index (χ4n) is 2.62. The average Bonchev–Trinajstić information content (AvgIpc) is 2.74. The second-order valence-corrected chi connectivity index (χ2v) is 6.16. The van der Waals surface area contributed by atoms with E-state index in [1.165, 1.54) is 5.69 Å². The Hall–Kier alpha value is -1.20. The van der Waals surface area contributed by atoms with Crippen LogP contribution in [-0.2, 0) is 19.4 Å². The number of hydrogen-bond acceptors (Lipinski definition) is 3. The monoisotopic (exact) mass is 350 g/mol. The summed E-state index contributed by atoms with van der Waals surface area (Å²) in [7, 11) is 0. The van der Waals surface area contributed by atoms with Crippen LogP contribution in [0.15, 0.2) is 16.6 Å². The van der Waals surface area contributed by atoms with E-state index in [4.69, 9.17) is 5.73 Å². The Labute approximate surface area is 134 Å². The lowest BCUT2D eigenvalue weighted by molar-refractivity contribution is 0.584. The molecule has 0 aliphatic heterocycles. The van der Waals surface area contributed by atoms with Crippen molar-refractivity contribution in [1.29, 1.82) is 0 Å². The SMILES string of the molecule is CCc1nn(CC)c(CC(N)c2cc(C)nc(C)c2)c1Br. The molecule has 0 saturated heterocycles. The van der Waals surface area contributed by atoms with Crippen LogP contribution in [0.1, 0.15) is 48.2 Å². The van der Waals surface area contributed by atoms with Gasteiger partial charge in [0, 0.05) is 30.4 Å². The third kappa shape index (κ3) is 3.52. The summed E-state index contributed by atoms with van der Waals surface area (Å²) < 4.78 is 3.15. The Bertz CT molecular complexity index is 613. The van der Waals surface area contributed by atoms with Gasteiger partial charge in [0.15, 0.2) is 0 Å². The van der Waals surface area contributed by atoms with E-state index in [9.17, 15) is 0 Å². The molecule has 1 unspecified atom stereocenters. The van der Waals surface area contributed by atoms with Gasteiger partial charge in [-0.1, -0.05) is 6.92 Å². The van der Waals surface area contributed by atoms with Gasteiger partial charge in [-0.2, -0.15) is 5.10 Å². The number of nitrogens with zero attached hydrogens (tertiary/aromatic N) is 3. The van der Waals surface area contributed by atoms with E-state index in [1.807, 2.05) is 18.5 Å². The number of aryl methyl sites for hydroxylation is 4. The molecule has 0 radical (unpaired) electrons. The number of nitrogens with two attached hydrogens (primary N) is 1. The van der Waals surface area contributed by atoms with Gasteiger partial charge in [0.1, 0.15) is 0 Å². The molecule has 0 aliphatic rings. The lowest BCUT2D eigenvalue weighted by Crippen LogP contribution is -2.17. The van der Waals surface area contributed by atoms with E-state index in [0.29, 0.717) is 0 Å². The Morgan fingerprint density at radius 3 is 2.38 bits per heavy atom. The first-order chi connectivity index (χ1) is 9.96. The van der Waals surface area contributed by atoms with E-state index >= 15 is 0 Å². The van der Waals surface area contributed by atoms with Crippen molar-refractivity contribution < 1.29 is 0 Å². The third-order valence-electron chi connectivity index (χ3n) is 3.64. The molecule has 2 N–H and O–H groups in total. The zero-order valence-corrected chi connectivity index (χ0v) is 14.7. The largest absolute Gasteiger partial charge is 0.324 e. The minimum Gasteiger partial charge on any atom is -0.324 e. The van der Waals surface area contributed by atoms with E-state index in [-0.39, 0.29) is 6.04 Å². The van der Waals surface area contributed by atoms with Crippen LogP contribution in [0.4, 0.5) is 0 Å². The summed E-state index contributed by atoms with van der Waals surface area (Å²) >= 11 is 3.68. The van der Waals surface area contributed by atoms with Gasteiger partial charge in [0.05, 0.1) is 15.9 Å². The molecule has 2 rings (SSSR count). The minimum absolute atomic E-state index is 0.0478. The molecule has 2 heterocycles. The predicted molar refractivity (Wildman–Crippen MR) is 89.3 cm³/mol. The first-order valence-corrected chi connectivity index (χ1v) is 8.20. The fraction of sp³-hybridized carbons (Fsp3) is 0.500. The molecule has 0 spiro atoms. The summed E-state index contributed by atoms with van der Waals surface area (Å²) in [4.78, 5) is 4.41. The van der Waals surface area contributed by atoms with Crippen molar-refractivity contribution in [1.82, 2.24) is 14.8 Å². The topological polar surface area (TPSA) is 56.7 Å². The second-order valence-electron chi connectivity index (χ2n) is 5.37. The van der Waals surface area contributed by atoms with Gasteiger partial charge >= 0.3 is 0 Å². The van der Waals surface area contributed by atoms with Crippen LogP contribution in [-0.4, -0.2) is 14.8 Å². The molecule has 21 heavy (non-hydrogen) atoms. The van der Waals surface area contributed by atoms with Crippen molar-refractivity contribution in [2.45, 2.75) is 53.1 Å². The fourth-order valence-corrected chi connectivity index (χ4v) is 3.35. The van der Waals surface area contributed by atoms with Crippen LogP contribution in [0, 0.1) is 13.8 Å². The maximum Gasteiger partial charge on any atom is 0.0766 e. The van der Waals surface area contributed by atoms with E-state index in [0.717, 1.165) is 46.5 Å². The summed E-state index contributed by atoms with van der Waals surface area (Å²) in [5.74, 6) is 0. The van der Waals surface area contributed by atoms with E-state index in [1.54, 1.807) is 0 Å². The molecule has 2 aromatic heterocycles. The van der Waals surface area contributed by atoms with Crippen molar-refractivity contribution in [2.75, 3.05) is 0 Å². The van der Waals surface area contributed by atoms with Crippen LogP contribution < -0.4 is 5.73 Å². The van der Waals surface area contributed by atoms with Crippen molar-refractivity contribution in [3.05, 3.63) is 44.9 Å². The zero-order chi connectivity index (χ0) is 15.6. The number of halogens is 1. The van der Waals surface area contributed by atoms with Gasteiger partial charge in [-0.15, -0.1) is 0 Å². The van der Waals surface area contributed by atoms with Crippen LogP contribution in [0.2, 0.25) is 0 Å².